The fourth-order valence-electron chi connectivity index (χ4n) is 2.57. The van der Waals surface area contributed by atoms with Gasteiger partial charge in [-0.3, -0.25) is 4.79 Å². The first kappa shape index (κ1) is 17.7. The van der Waals surface area contributed by atoms with Crippen LogP contribution in [0.4, 0.5) is 0 Å². The Kier molecular flexibility index (Phi) is 6.12. The fourth-order valence-corrected chi connectivity index (χ4v) is 2.57. The zero-order valence-corrected chi connectivity index (χ0v) is 13.9. The molecular formula is C18H22N2O4. The largest absolute Gasteiger partial charge is 0.480 e. The average molecular weight is 330 g/mol. The summed E-state index contributed by atoms with van der Waals surface area (Å²) < 4.78 is 5.09. The number of aliphatic carboxylic acids is 1. The number of carbonyl (C=O) groups excluding carboxylic acids is 1. The monoisotopic (exact) mass is 330 g/mol. The molecule has 0 aliphatic carbocycles. The average Bonchev–Trinajstić information content (AvgIpc) is 3.06. The Balaban J connectivity index is 2.07. The molecule has 6 heteroatoms. The summed E-state index contributed by atoms with van der Waals surface area (Å²) >= 11 is 0. The SMILES string of the molecule is CCC(CC)c1cc(C(=O)N[C@H](Cc2ccccc2)C(=O)O)on1. The first-order chi connectivity index (χ1) is 11.5. The van der Waals surface area contributed by atoms with Gasteiger partial charge in [0.05, 0.1) is 5.69 Å². The minimum Gasteiger partial charge on any atom is -0.480 e. The molecule has 2 aromatic rings. The molecule has 0 aliphatic heterocycles. The van der Waals surface area contributed by atoms with E-state index >= 15 is 0 Å². The molecule has 1 aromatic carbocycles. The van der Waals surface area contributed by atoms with Gasteiger partial charge in [-0.25, -0.2) is 4.79 Å². The van der Waals surface area contributed by atoms with Crippen LogP contribution in [-0.2, 0) is 11.2 Å². The number of nitrogens with one attached hydrogen (secondary N) is 1. The van der Waals surface area contributed by atoms with E-state index < -0.39 is 17.9 Å². The number of aromatic nitrogens is 1. The lowest BCUT2D eigenvalue weighted by atomic mass is 9.99. The van der Waals surface area contributed by atoms with Crippen LogP contribution in [0, 0.1) is 0 Å². The lowest BCUT2D eigenvalue weighted by molar-refractivity contribution is -0.139. The van der Waals surface area contributed by atoms with E-state index in [1.807, 2.05) is 44.2 Å². The van der Waals surface area contributed by atoms with Gasteiger partial charge in [-0.05, 0) is 18.4 Å². The predicted molar refractivity (Wildman–Crippen MR) is 88.9 cm³/mol. The summed E-state index contributed by atoms with van der Waals surface area (Å²) in [4.78, 5) is 23.7. The minimum absolute atomic E-state index is 0.0382. The molecule has 0 saturated carbocycles. The highest BCUT2D eigenvalue weighted by molar-refractivity contribution is 5.94. The van der Waals surface area contributed by atoms with Crippen molar-refractivity contribution in [3.63, 3.8) is 0 Å². The van der Waals surface area contributed by atoms with Crippen LogP contribution in [0.3, 0.4) is 0 Å². The van der Waals surface area contributed by atoms with E-state index in [-0.39, 0.29) is 18.1 Å². The van der Waals surface area contributed by atoms with E-state index in [1.165, 1.54) is 0 Å². The Morgan fingerprint density at radius 3 is 2.46 bits per heavy atom. The zero-order chi connectivity index (χ0) is 17.5. The van der Waals surface area contributed by atoms with Gasteiger partial charge in [-0.15, -0.1) is 0 Å². The second-order valence-corrected chi connectivity index (χ2v) is 5.68. The number of rotatable bonds is 8. The van der Waals surface area contributed by atoms with Crippen LogP contribution >= 0.6 is 0 Å². The maximum Gasteiger partial charge on any atom is 0.326 e. The molecule has 1 aromatic heterocycles. The number of amides is 1. The third kappa shape index (κ3) is 4.44. The van der Waals surface area contributed by atoms with Gasteiger partial charge >= 0.3 is 5.97 Å². The highest BCUT2D eigenvalue weighted by Crippen LogP contribution is 2.22. The van der Waals surface area contributed by atoms with Crippen molar-refractivity contribution in [1.82, 2.24) is 10.5 Å². The standard InChI is InChI=1S/C18H22N2O4/c1-3-13(4-2)14-11-16(24-20-14)17(21)19-15(18(22)23)10-12-8-6-5-7-9-12/h5-9,11,13,15H,3-4,10H2,1-2H3,(H,19,21)(H,22,23)/t15-/m1/s1. The van der Waals surface area contributed by atoms with Crippen LogP contribution in [0.5, 0.6) is 0 Å². The number of hydrogen-bond acceptors (Lipinski definition) is 4. The molecule has 0 unspecified atom stereocenters. The van der Waals surface area contributed by atoms with Gasteiger partial charge in [-0.1, -0.05) is 49.3 Å². The second kappa shape index (κ2) is 8.29. The highest BCUT2D eigenvalue weighted by atomic mass is 16.5. The smallest absolute Gasteiger partial charge is 0.326 e. The van der Waals surface area contributed by atoms with Gasteiger partial charge in [0, 0.05) is 18.4 Å². The Hall–Kier alpha value is -2.63. The molecule has 2 N–H and O–H groups in total. The molecule has 6 nitrogen and oxygen atoms in total. The molecule has 0 spiro atoms. The minimum atomic E-state index is -1.09. The third-order valence-corrected chi connectivity index (χ3v) is 4.04. The van der Waals surface area contributed by atoms with E-state index in [4.69, 9.17) is 4.52 Å². The molecule has 1 heterocycles. The Morgan fingerprint density at radius 1 is 1.21 bits per heavy atom. The van der Waals surface area contributed by atoms with Crippen molar-refractivity contribution in [3.8, 4) is 0 Å². The van der Waals surface area contributed by atoms with Crippen LogP contribution in [0.1, 0.15) is 54.4 Å². The molecule has 2 rings (SSSR count). The summed E-state index contributed by atoms with van der Waals surface area (Å²) in [6.07, 6.45) is 2.00. The van der Waals surface area contributed by atoms with Crippen LogP contribution in [0.25, 0.3) is 0 Å². The normalized spacial score (nSPS) is 12.1. The molecule has 0 fully saturated rings. The number of benzene rings is 1. The Labute approximate surface area is 140 Å². The summed E-state index contributed by atoms with van der Waals surface area (Å²) in [5.74, 6) is -1.39. The molecule has 24 heavy (non-hydrogen) atoms. The molecular weight excluding hydrogens is 308 g/mol. The number of hydrogen-bond donors (Lipinski definition) is 2. The van der Waals surface area contributed by atoms with Gasteiger partial charge in [0.1, 0.15) is 6.04 Å². The van der Waals surface area contributed by atoms with E-state index in [0.717, 1.165) is 24.1 Å². The van der Waals surface area contributed by atoms with Crippen molar-refractivity contribution in [2.24, 2.45) is 0 Å². The highest BCUT2D eigenvalue weighted by Gasteiger charge is 2.24. The summed E-state index contributed by atoms with van der Waals surface area (Å²) in [6, 6.07) is 9.72. The number of carboxylic acid groups (broad SMARTS) is 1. The number of carboxylic acids is 1. The predicted octanol–water partition coefficient (Wildman–Crippen LogP) is 3.00. The van der Waals surface area contributed by atoms with E-state index in [1.54, 1.807) is 6.07 Å². The molecule has 1 atom stereocenters. The molecule has 0 radical (unpaired) electrons. The van der Waals surface area contributed by atoms with Crippen molar-refractivity contribution in [2.75, 3.05) is 0 Å². The van der Waals surface area contributed by atoms with Crippen molar-refractivity contribution in [1.29, 1.82) is 0 Å². The summed E-state index contributed by atoms with van der Waals surface area (Å²) in [6.45, 7) is 4.09. The topological polar surface area (TPSA) is 92.4 Å². The van der Waals surface area contributed by atoms with E-state index in [9.17, 15) is 14.7 Å². The summed E-state index contributed by atoms with van der Waals surface area (Å²) in [5.41, 5.74) is 1.56. The second-order valence-electron chi connectivity index (χ2n) is 5.68. The summed E-state index contributed by atoms with van der Waals surface area (Å²) in [7, 11) is 0. The molecule has 1 amide bonds. The molecule has 128 valence electrons. The maximum atomic E-state index is 12.3. The van der Waals surface area contributed by atoms with Gasteiger partial charge in [-0.2, -0.15) is 0 Å². The van der Waals surface area contributed by atoms with Crippen molar-refractivity contribution >= 4 is 11.9 Å². The molecule has 0 bridgehead atoms. The number of nitrogens with zero attached hydrogens (tertiary/aromatic N) is 1. The van der Waals surface area contributed by atoms with Gasteiger partial charge < -0.3 is 14.9 Å². The summed E-state index contributed by atoms with van der Waals surface area (Å²) in [5, 5.41) is 15.8. The Morgan fingerprint density at radius 2 is 1.88 bits per heavy atom. The van der Waals surface area contributed by atoms with Crippen molar-refractivity contribution in [3.05, 3.63) is 53.4 Å². The first-order valence-electron chi connectivity index (χ1n) is 8.09. The zero-order valence-electron chi connectivity index (χ0n) is 13.9. The third-order valence-electron chi connectivity index (χ3n) is 4.04. The van der Waals surface area contributed by atoms with Crippen LogP contribution < -0.4 is 5.32 Å². The number of carbonyl (C=O) groups is 2. The van der Waals surface area contributed by atoms with Crippen LogP contribution in [0.2, 0.25) is 0 Å². The van der Waals surface area contributed by atoms with Gasteiger partial charge in [0.15, 0.2) is 0 Å². The quantitative estimate of drug-likeness (QED) is 0.776. The van der Waals surface area contributed by atoms with Crippen LogP contribution in [0.15, 0.2) is 40.9 Å². The van der Waals surface area contributed by atoms with Gasteiger partial charge in [0.2, 0.25) is 5.76 Å². The lowest BCUT2D eigenvalue weighted by Crippen LogP contribution is -2.42. The van der Waals surface area contributed by atoms with E-state index in [0.29, 0.717) is 0 Å². The van der Waals surface area contributed by atoms with Crippen molar-refractivity contribution < 1.29 is 19.2 Å². The molecule has 0 aliphatic rings. The lowest BCUT2D eigenvalue weighted by Gasteiger charge is -2.13. The Bertz CT molecular complexity index is 677. The van der Waals surface area contributed by atoms with Gasteiger partial charge in [0.25, 0.3) is 5.91 Å². The first-order valence-corrected chi connectivity index (χ1v) is 8.09. The fraction of sp³-hybridized carbons (Fsp3) is 0.389. The van der Waals surface area contributed by atoms with Crippen molar-refractivity contribution in [2.45, 2.75) is 45.1 Å². The van der Waals surface area contributed by atoms with Crippen LogP contribution in [-0.4, -0.2) is 28.2 Å². The maximum absolute atomic E-state index is 12.3. The molecule has 0 saturated heterocycles. The van der Waals surface area contributed by atoms with E-state index in [2.05, 4.69) is 10.5 Å².